The Kier molecular flexibility index (Phi) is 4.32. The van der Waals surface area contributed by atoms with Gasteiger partial charge in [0.2, 0.25) is 5.65 Å². The van der Waals surface area contributed by atoms with Crippen LogP contribution in [-0.2, 0) is 10.8 Å². The van der Waals surface area contributed by atoms with E-state index in [0.717, 1.165) is 16.8 Å². The monoisotopic (exact) mass is 339 g/mol. The van der Waals surface area contributed by atoms with Gasteiger partial charge in [-0.05, 0) is 37.1 Å². The number of nitrogens with one attached hydrogen (secondary N) is 1. The summed E-state index contributed by atoms with van der Waals surface area (Å²) in [5.41, 5.74) is 3.64. The van der Waals surface area contributed by atoms with E-state index in [4.69, 9.17) is 6.57 Å². The standard InChI is InChI=1S/C17H17N5OS/c1-5-24(23)14-9-15(20-13-7-11(2)6-12(3)8-13)21-22-16(18-4)10-19-17(14)22/h6-10H,5H2,1-3H3,(H,20,21). The van der Waals surface area contributed by atoms with Gasteiger partial charge in [0.1, 0.15) is 4.90 Å². The van der Waals surface area contributed by atoms with Gasteiger partial charge in [0.25, 0.3) is 5.82 Å². The third-order valence-corrected chi connectivity index (χ3v) is 4.85. The molecule has 0 bridgehead atoms. The summed E-state index contributed by atoms with van der Waals surface area (Å²) < 4.78 is 13.8. The summed E-state index contributed by atoms with van der Waals surface area (Å²) in [5, 5.41) is 7.67. The number of fused-ring (bicyclic) bond motifs is 1. The lowest BCUT2D eigenvalue weighted by Crippen LogP contribution is -2.05. The van der Waals surface area contributed by atoms with Gasteiger partial charge in [0.15, 0.2) is 5.82 Å². The first-order chi connectivity index (χ1) is 11.5. The molecule has 0 fully saturated rings. The van der Waals surface area contributed by atoms with Crippen molar-refractivity contribution >= 4 is 33.8 Å². The normalized spacial score (nSPS) is 12.1. The maximum atomic E-state index is 12.4. The molecule has 0 amide bonds. The minimum Gasteiger partial charge on any atom is -0.360 e. The summed E-state index contributed by atoms with van der Waals surface area (Å²) in [6.07, 6.45) is 1.45. The predicted octanol–water partition coefficient (Wildman–Crippen LogP) is 3.77. The van der Waals surface area contributed by atoms with Crippen LogP contribution in [0.1, 0.15) is 18.1 Å². The molecule has 3 aromatic rings. The molecule has 0 saturated carbocycles. The SMILES string of the molecule is [C-]#[N+]c1cnc2c(S(=O)CC)cc(Nc3cc(C)cc(C)c3)nn12. The highest BCUT2D eigenvalue weighted by Crippen LogP contribution is 2.25. The van der Waals surface area contributed by atoms with Gasteiger partial charge in [-0.3, -0.25) is 4.21 Å². The molecular weight excluding hydrogens is 322 g/mol. The quantitative estimate of drug-likeness (QED) is 0.735. The van der Waals surface area contributed by atoms with Crippen LogP contribution in [0.25, 0.3) is 10.5 Å². The second kappa shape index (κ2) is 6.42. The first-order valence-corrected chi connectivity index (χ1v) is 8.83. The van der Waals surface area contributed by atoms with Crippen molar-refractivity contribution in [2.24, 2.45) is 0 Å². The van der Waals surface area contributed by atoms with Crippen molar-refractivity contribution in [3.05, 3.63) is 53.0 Å². The van der Waals surface area contributed by atoms with Crippen LogP contribution in [0.2, 0.25) is 0 Å². The van der Waals surface area contributed by atoms with Crippen molar-refractivity contribution in [1.82, 2.24) is 14.6 Å². The highest BCUT2D eigenvalue weighted by atomic mass is 32.2. The van der Waals surface area contributed by atoms with Gasteiger partial charge in [0.05, 0.1) is 17.0 Å². The fourth-order valence-electron chi connectivity index (χ4n) is 2.58. The molecule has 0 aliphatic heterocycles. The second-order valence-electron chi connectivity index (χ2n) is 5.49. The molecule has 1 N–H and O–H groups in total. The Labute approximate surface area is 142 Å². The molecule has 0 aliphatic carbocycles. The van der Waals surface area contributed by atoms with E-state index in [2.05, 4.69) is 26.3 Å². The Bertz CT molecular complexity index is 966. The number of imidazole rings is 1. The summed E-state index contributed by atoms with van der Waals surface area (Å²) in [5.74, 6) is 1.30. The molecule has 0 aliphatic rings. The lowest BCUT2D eigenvalue weighted by molar-refractivity contribution is 0.683. The van der Waals surface area contributed by atoms with Gasteiger partial charge < -0.3 is 10.2 Å². The zero-order valence-corrected chi connectivity index (χ0v) is 14.5. The van der Waals surface area contributed by atoms with Crippen molar-refractivity contribution < 1.29 is 4.21 Å². The van der Waals surface area contributed by atoms with E-state index in [1.54, 1.807) is 6.07 Å². The molecule has 122 valence electrons. The van der Waals surface area contributed by atoms with Gasteiger partial charge in [-0.2, -0.15) is 0 Å². The minimum atomic E-state index is -1.20. The lowest BCUT2D eigenvalue weighted by atomic mass is 10.1. The summed E-state index contributed by atoms with van der Waals surface area (Å²) in [7, 11) is -1.20. The first-order valence-electron chi connectivity index (χ1n) is 7.51. The van der Waals surface area contributed by atoms with Gasteiger partial charge >= 0.3 is 0 Å². The summed E-state index contributed by atoms with van der Waals surface area (Å²) in [4.78, 5) is 8.20. The number of aromatic nitrogens is 3. The molecule has 0 radical (unpaired) electrons. The van der Waals surface area contributed by atoms with Crippen molar-refractivity contribution in [3.8, 4) is 0 Å². The zero-order chi connectivity index (χ0) is 17.3. The molecule has 0 saturated heterocycles. The van der Waals surface area contributed by atoms with E-state index >= 15 is 0 Å². The number of hydrogen-bond donors (Lipinski definition) is 1. The first kappa shape index (κ1) is 16.1. The number of hydrogen-bond acceptors (Lipinski definition) is 4. The molecule has 7 heteroatoms. The fourth-order valence-corrected chi connectivity index (χ4v) is 3.48. The molecule has 0 spiro atoms. The van der Waals surface area contributed by atoms with Gasteiger partial charge in [-0.25, -0.2) is 4.98 Å². The summed E-state index contributed by atoms with van der Waals surface area (Å²) in [6, 6.07) is 7.86. The van der Waals surface area contributed by atoms with E-state index in [0.29, 0.717) is 27.9 Å². The second-order valence-corrected chi connectivity index (χ2v) is 7.20. The predicted molar refractivity (Wildman–Crippen MR) is 95.4 cm³/mol. The van der Waals surface area contributed by atoms with Crippen LogP contribution < -0.4 is 5.32 Å². The number of nitrogens with zero attached hydrogens (tertiary/aromatic N) is 4. The molecule has 1 unspecified atom stereocenters. The summed E-state index contributed by atoms with van der Waals surface area (Å²) >= 11 is 0. The molecule has 24 heavy (non-hydrogen) atoms. The molecular formula is C17H17N5OS. The van der Waals surface area contributed by atoms with Gasteiger partial charge in [-0.15, -0.1) is 4.52 Å². The third-order valence-electron chi connectivity index (χ3n) is 3.53. The van der Waals surface area contributed by atoms with E-state index in [9.17, 15) is 4.21 Å². The molecule has 1 aromatic carbocycles. The molecule has 2 heterocycles. The van der Waals surface area contributed by atoms with Crippen LogP contribution in [0.4, 0.5) is 17.3 Å². The van der Waals surface area contributed by atoms with Crippen molar-refractivity contribution in [3.63, 3.8) is 0 Å². The van der Waals surface area contributed by atoms with Gasteiger partial charge in [-0.1, -0.05) is 24.7 Å². The van der Waals surface area contributed by atoms with E-state index in [1.165, 1.54) is 10.7 Å². The van der Waals surface area contributed by atoms with Crippen LogP contribution in [-0.4, -0.2) is 24.6 Å². The van der Waals surface area contributed by atoms with Gasteiger partial charge in [0, 0.05) is 17.5 Å². The lowest BCUT2D eigenvalue weighted by Gasteiger charge is -2.09. The Hall–Kier alpha value is -2.72. The van der Waals surface area contributed by atoms with E-state index in [-0.39, 0.29) is 0 Å². The number of benzene rings is 1. The van der Waals surface area contributed by atoms with Crippen molar-refractivity contribution in [2.75, 3.05) is 11.1 Å². The van der Waals surface area contributed by atoms with Crippen molar-refractivity contribution in [2.45, 2.75) is 25.7 Å². The highest BCUT2D eigenvalue weighted by molar-refractivity contribution is 7.85. The van der Waals surface area contributed by atoms with Crippen LogP contribution in [0.15, 0.2) is 35.4 Å². The molecule has 3 rings (SSSR count). The summed E-state index contributed by atoms with van der Waals surface area (Å²) in [6.45, 7) is 13.1. The van der Waals surface area contributed by atoms with Crippen LogP contribution in [0.5, 0.6) is 0 Å². The Balaban J connectivity index is 2.14. The maximum absolute atomic E-state index is 12.4. The number of rotatable bonds is 4. The average Bonchev–Trinajstić information content (AvgIpc) is 2.95. The molecule has 2 aromatic heterocycles. The fraction of sp³-hybridized carbons (Fsp3) is 0.235. The number of anilines is 2. The third kappa shape index (κ3) is 3.01. The Morgan fingerprint density at radius 3 is 2.58 bits per heavy atom. The molecule has 1 atom stereocenters. The average molecular weight is 339 g/mol. The van der Waals surface area contributed by atoms with Crippen LogP contribution in [0.3, 0.4) is 0 Å². The Morgan fingerprint density at radius 1 is 1.25 bits per heavy atom. The van der Waals surface area contributed by atoms with Crippen molar-refractivity contribution in [1.29, 1.82) is 0 Å². The minimum absolute atomic E-state index is 0.295. The smallest absolute Gasteiger partial charge is 0.275 e. The van der Waals surface area contributed by atoms with Crippen LogP contribution >= 0.6 is 0 Å². The van der Waals surface area contributed by atoms with Crippen LogP contribution in [0, 0.1) is 20.4 Å². The highest BCUT2D eigenvalue weighted by Gasteiger charge is 2.18. The Morgan fingerprint density at radius 2 is 1.96 bits per heavy atom. The van der Waals surface area contributed by atoms with E-state index in [1.807, 2.05) is 32.9 Å². The number of aryl methyl sites for hydroxylation is 2. The molecule has 6 nitrogen and oxygen atoms in total. The topological polar surface area (TPSA) is 63.7 Å². The maximum Gasteiger partial charge on any atom is 0.275 e. The zero-order valence-electron chi connectivity index (χ0n) is 13.7. The van der Waals surface area contributed by atoms with E-state index < -0.39 is 10.8 Å². The largest absolute Gasteiger partial charge is 0.360 e.